The molecule has 2 aromatic rings. The number of aromatic nitrogens is 2. The highest BCUT2D eigenvalue weighted by Gasteiger charge is 2.31. The van der Waals surface area contributed by atoms with Crippen LogP contribution in [-0.4, -0.2) is 9.55 Å². The first-order chi connectivity index (χ1) is 10.1. The van der Waals surface area contributed by atoms with Gasteiger partial charge in [-0.3, -0.25) is 0 Å². The number of nitrogens with zero attached hydrogens (tertiary/aromatic N) is 2. The van der Waals surface area contributed by atoms with Crippen molar-refractivity contribution in [1.82, 2.24) is 9.55 Å². The summed E-state index contributed by atoms with van der Waals surface area (Å²) in [7, 11) is 0. The molecule has 1 aromatic carbocycles. The van der Waals surface area contributed by atoms with Gasteiger partial charge in [-0.15, -0.1) is 11.6 Å². The summed E-state index contributed by atoms with van der Waals surface area (Å²) < 4.78 is 2.37. The third-order valence-electron chi connectivity index (χ3n) is 4.81. The van der Waals surface area contributed by atoms with Crippen molar-refractivity contribution in [2.45, 2.75) is 51.5 Å². The van der Waals surface area contributed by atoms with Crippen LogP contribution in [0, 0.1) is 11.8 Å². The fraction of sp³-hybridized carbons (Fsp3) is 0.588. The van der Waals surface area contributed by atoms with Crippen molar-refractivity contribution in [2.24, 2.45) is 11.8 Å². The number of halogens is 2. The van der Waals surface area contributed by atoms with Crippen LogP contribution in [0.25, 0.3) is 11.0 Å². The molecule has 4 heteroatoms. The molecule has 2 unspecified atom stereocenters. The number of imidazole rings is 1. The molecule has 0 saturated heterocycles. The lowest BCUT2D eigenvalue weighted by Crippen LogP contribution is -2.28. The summed E-state index contributed by atoms with van der Waals surface area (Å²) in [5.74, 6) is 2.80. The Hall–Kier alpha value is -0.730. The van der Waals surface area contributed by atoms with Crippen LogP contribution in [0.3, 0.4) is 0 Å². The van der Waals surface area contributed by atoms with Gasteiger partial charge >= 0.3 is 0 Å². The zero-order chi connectivity index (χ0) is 15.0. The molecular formula is C17H22Cl2N2. The van der Waals surface area contributed by atoms with Crippen LogP contribution in [-0.2, 0) is 5.88 Å². The van der Waals surface area contributed by atoms with Crippen LogP contribution < -0.4 is 0 Å². The molecule has 1 aliphatic rings. The summed E-state index contributed by atoms with van der Waals surface area (Å²) >= 11 is 12.4. The molecule has 21 heavy (non-hydrogen) atoms. The number of benzene rings is 1. The lowest BCUT2D eigenvalue weighted by Gasteiger charge is -2.36. The van der Waals surface area contributed by atoms with Gasteiger partial charge in [0, 0.05) is 11.1 Å². The standard InChI is InChI=1S/C17H22Cl2N2/c1-11(2)13-5-3-4-6-15(13)21-16-9-12(19)7-8-14(16)20-17(21)10-18/h7-9,11,13,15H,3-6,10H2,1-2H3. The lowest BCUT2D eigenvalue weighted by atomic mass is 9.77. The van der Waals surface area contributed by atoms with Gasteiger partial charge in [-0.05, 0) is 42.9 Å². The topological polar surface area (TPSA) is 17.8 Å². The minimum Gasteiger partial charge on any atom is -0.324 e. The van der Waals surface area contributed by atoms with Crippen LogP contribution in [0.2, 0.25) is 5.02 Å². The Morgan fingerprint density at radius 1 is 1.29 bits per heavy atom. The first kappa shape index (κ1) is 15.2. The minimum absolute atomic E-state index is 0.452. The average Bonchev–Trinajstić information content (AvgIpc) is 2.84. The van der Waals surface area contributed by atoms with E-state index in [1.807, 2.05) is 18.2 Å². The first-order valence-corrected chi connectivity index (χ1v) is 8.75. The smallest absolute Gasteiger partial charge is 0.125 e. The zero-order valence-corrected chi connectivity index (χ0v) is 14.2. The first-order valence-electron chi connectivity index (χ1n) is 7.84. The van der Waals surface area contributed by atoms with Crippen molar-refractivity contribution >= 4 is 34.2 Å². The Balaban J connectivity index is 2.14. The third-order valence-corrected chi connectivity index (χ3v) is 5.29. The van der Waals surface area contributed by atoms with E-state index in [1.165, 1.54) is 25.7 Å². The number of fused-ring (bicyclic) bond motifs is 1. The normalized spacial score (nSPS) is 23.1. The molecule has 1 heterocycles. The van der Waals surface area contributed by atoms with Crippen LogP contribution >= 0.6 is 23.2 Å². The Bertz CT molecular complexity index is 633. The van der Waals surface area contributed by atoms with Crippen molar-refractivity contribution in [1.29, 1.82) is 0 Å². The summed E-state index contributed by atoms with van der Waals surface area (Å²) in [5, 5.41) is 0.765. The van der Waals surface area contributed by atoms with Crippen LogP contribution in [0.1, 0.15) is 51.4 Å². The third kappa shape index (κ3) is 2.80. The van der Waals surface area contributed by atoms with Gasteiger partial charge in [-0.25, -0.2) is 4.98 Å². The van der Waals surface area contributed by atoms with Crippen molar-refractivity contribution in [3.05, 3.63) is 29.0 Å². The van der Waals surface area contributed by atoms with E-state index >= 15 is 0 Å². The molecular weight excluding hydrogens is 303 g/mol. The SMILES string of the molecule is CC(C)C1CCCCC1n1c(CCl)nc2ccc(Cl)cc21. The average molecular weight is 325 g/mol. The summed E-state index contributed by atoms with van der Waals surface area (Å²) in [5.41, 5.74) is 2.14. The second kappa shape index (κ2) is 6.18. The molecule has 2 nitrogen and oxygen atoms in total. The van der Waals surface area contributed by atoms with E-state index < -0.39 is 0 Å². The fourth-order valence-corrected chi connectivity index (χ4v) is 4.17. The highest BCUT2D eigenvalue weighted by molar-refractivity contribution is 6.31. The molecule has 0 aliphatic heterocycles. The summed E-state index contributed by atoms with van der Waals surface area (Å²) in [6, 6.07) is 6.43. The van der Waals surface area contributed by atoms with Gasteiger partial charge in [0.1, 0.15) is 5.82 Å². The van der Waals surface area contributed by atoms with Crippen molar-refractivity contribution < 1.29 is 0 Å². The van der Waals surface area contributed by atoms with Gasteiger partial charge in [-0.2, -0.15) is 0 Å². The fourth-order valence-electron chi connectivity index (χ4n) is 3.82. The molecule has 0 N–H and O–H groups in total. The molecule has 1 aromatic heterocycles. The summed E-state index contributed by atoms with van der Waals surface area (Å²) in [4.78, 5) is 4.71. The quantitative estimate of drug-likeness (QED) is 0.651. The van der Waals surface area contributed by atoms with Gasteiger partial charge in [0.05, 0.1) is 16.9 Å². The van der Waals surface area contributed by atoms with Gasteiger partial charge in [0.2, 0.25) is 0 Å². The molecule has 0 radical (unpaired) electrons. The van der Waals surface area contributed by atoms with Gasteiger partial charge in [0.25, 0.3) is 0 Å². The van der Waals surface area contributed by atoms with Crippen LogP contribution in [0.5, 0.6) is 0 Å². The summed E-state index contributed by atoms with van der Waals surface area (Å²) in [6.45, 7) is 4.66. The maximum Gasteiger partial charge on any atom is 0.125 e. The molecule has 1 saturated carbocycles. The lowest BCUT2D eigenvalue weighted by molar-refractivity contribution is 0.185. The second-order valence-corrected chi connectivity index (χ2v) is 7.13. The molecule has 0 amide bonds. The Morgan fingerprint density at radius 2 is 2.05 bits per heavy atom. The van der Waals surface area contributed by atoms with Crippen molar-refractivity contribution in [3.8, 4) is 0 Å². The predicted octanol–water partition coefficient (Wildman–Crippen LogP) is 5.82. The summed E-state index contributed by atoms with van der Waals surface area (Å²) in [6.07, 6.45) is 5.13. The van der Waals surface area contributed by atoms with Crippen molar-refractivity contribution in [2.75, 3.05) is 0 Å². The van der Waals surface area contributed by atoms with E-state index in [0.29, 0.717) is 23.8 Å². The molecule has 1 aliphatic carbocycles. The molecule has 0 spiro atoms. The van der Waals surface area contributed by atoms with Gasteiger partial charge in [0.15, 0.2) is 0 Å². The molecule has 114 valence electrons. The molecule has 0 bridgehead atoms. The number of hydrogen-bond donors (Lipinski definition) is 0. The monoisotopic (exact) mass is 324 g/mol. The number of alkyl halides is 1. The molecule has 3 rings (SSSR count). The Labute approximate surface area is 136 Å². The molecule has 2 atom stereocenters. The van der Waals surface area contributed by atoms with Crippen LogP contribution in [0.4, 0.5) is 0 Å². The highest BCUT2D eigenvalue weighted by atomic mass is 35.5. The largest absolute Gasteiger partial charge is 0.324 e. The van der Waals surface area contributed by atoms with E-state index in [4.69, 9.17) is 28.2 Å². The number of rotatable bonds is 3. The Kier molecular flexibility index (Phi) is 4.46. The van der Waals surface area contributed by atoms with E-state index in [0.717, 1.165) is 21.9 Å². The van der Waals surface area contributed by atoms with E-state index in [2.05, 4.69) is 18.4 Å². The molecule has 1 fully saturated rings. The van der Waals surface area contributed by atoms with Gasteiger partial charge in [-0.1, -0.05) is 38.3 Å². The van der Waals surface area contributed by atoms with Crippen LogP contribution in [0.15, 0.2) is 18.2 Å². The van der Waals surface area contributed by atoms with E-state index in [1.54, 1.807) is 0 Å². The highest BCUT2D eigenvalue weighted by Crippen LogP contribution is 2.41. The maximum atomic E-state index is 6.21. The second-order valence-electron chi connectivity index (χ2n) is 6.42. The van der Waals surface area contributed by atoms with E-state index in [-0.39, 0.29) is 0 Å². The Morgan fingerprint density at radius 3 is 2.76 bits per heavy atom. The van der Waals surface area contributed by atoms with Crippen molar-refractivity contribution in [3.63, 3.8) is 0 Å². The number of hydrogen-bond acceptors (Lipinski definition) is 1. The zero-order valence-electron chi connectivity index (χ0n) is 12.6. The van der Waals surface area contributed by atoms with E-state index in [9.17, 15) is 0 Å². The van der Waals surface area contributed by atoms with Gasteiger partial charge < -0.3 is 4.57 Å². The predicted molar refractivity (Wildman–Crippen MR) is 90.1 cm³/mol. The maximum absolute atomic E-state index is 6.21. The minimum atomic E-state index is 0.452.